The van der Waals surface area contributed by atoms with Crippen molar-refractivity contribution in [1.82, 2.24) is 0 Å². The summed E-state index contributed by atoms with van der Waals surface area (Å²) in [5.74, 6) is -1.25. The summed E-state index contributed by atoms with van der Waals surface area (Å²) in [6, 6.07) is 7.35. The van der Waals surface area contributed by atoms with Crippen molar-refractivity contribution < 1.29 is 18.7 Å². The molecule has 1 aliphatic rings. The number of halogens is 1. The maximum Gasteiger partial charge on any atom is 0.349 e. The minimum absolute atomic E-state index is 0.365. The van der Waals surface area contributed by atoms with Gasteiger partial charge in [-0.2, -0.15) is 0 Å². The molecule has 1 heterocycles. The van der Waals surface area contributed by atoms with Crippen LogP contribution in [0.4, 0.5) is 10.1 Å². The van der Waals surface area contributed by atoms with E-state index in [9.17, 15) is 14.0 Å². The third-order valence-corrected chi connectivity index (χ3v) is 5.44. The molecule has 25 heavy (non-hydrogen) atoms. The highest BCUT2D eigenvalue weighted by Crippen LogP contribution is 2.30. The van der Waals surface area contributed by atoms with E-state index in [0.717, 1.165) is 25.7 Å². The van der Waals surface area contributed by atoms with Gasteiger partial charge >= 0.3 is 5.97 Å². The van der Waals surface area contributed by atoms with Gasteiger partial charge < -0.3 is 10.1 Å². The molecule has 1 aromatic heterocycles. The second-order valence-corrected chi connectivity index (χ2v) is 7.20. The van der Waals surface area contributed by atoms with Crippen LogP contribution >= 0.6 is 11.3 Å². The average molecular weight is 361 g/mol. The molecular weight excluding hydrogens is 341 g/mol. The Morgan fingerprint density at radius 2 is 1.96 bits per heavy atom. The molecule has 0 radical (unpaired) electrons. The van der Waals surface area contributed by atoms with Crippen molar-refractivity contribution in [2.45, 2.75) is 45.1 Å². The van der Waals surface area contributed by atoms with Gasteiger partial charge in [-0.15, -0.1) is 11.3 Å². The zero-order valence-electron chi connectivity index (χ0n) is 14.0. The average Bonchev–Trinajstić information content (AvgIpc) is 3.05. The molecule has 132 valence electrons. The molecule has 0 bridgehead atoms. The highest BCUT2D eigenvalue weighted by molar-refractivity contribution is 7.14. The number of carbonyl (C=O) groups excluding carboxylic acids is 2. The van der Waals surface area contributed by atoms with Gasteiger partial charge in [-0.3, -0.25) is 4.79 Å². The van der Waals surface area contributed by atoms with Crippen molar-refractivity contribution in [2.24, 2.45) is 0 Å². The number of carbonyl (C=O) groups is 2. The number of hydrogen-bond acceptors (Lipinski definition) is 4. The van der Waals surface area contributed by atoms with E-state index in [1.54, 1.807) is 6.92 Å². The standard InChI is InChI=1S/C19H20FNO3S/c1-2-15(18(22)21-14-9-7-13(20)8-10-14)24-19(23)17-11-12-5-3-4-6-16(12)25-17/h7-11,15H,2-6H2,1H3,(H,21,22). The van der Waals surface area contributed by atoms with Crippen molar-refractivity contribution >= 4 is 28.9 Å². The fourth-order valence-corrected chi connectivity index (χ4v) is 3.99. The number of thiophene rings is 1. The van der Waals surface area contributed by atoms with Crippen LogP contribution in [0.25, 0.3) is 0 Å². The SMILES string of the molecule is CCC(OC(=O)c1cc2c(s1)CCCC2)C(=O)Nc1ccc(F)cc1. The van der Waals surface area contributed by atoms with Crippen LogP contribution in [0.3, 0.4) is 0 Å². The first-order valence-corrected chi connectivity index (χ1v) is 9.27. The summed E-state index contributed by atoms with van der Waals surface area (Å²) >= 11 is 1.47. The van der Waals surface area contributed by atoms with Crippen LogP contribution in [0.2, 0.25) is 0 Å². The van der Waals surface area contributed by atoms with Crippen molar-refractivity contribution in [3.63, 3.8) is 0 Å². The third-order valence-electron chi connectivity index (χ3n) is 4.22. The quantitative estimate of drug-likeness (QED) is 0.806. The summed E-state index contributed by atoms with van der Waals surface area (Å²) in [6.07, 6.45) is 3.80. The molecule has 0 saturated carbocycles. The second-order valence-electron chi connectivity index (χ2n) is 6.06. The lowest BCUT2D eigenvalue weighted by Gasteiger charge is -2.15. The number of aryl methyl sites for hydroxylation is 2. The van der Waals surface area contributed by atoms with Gasteiger partial charge in [0.25, 0.3) is 5.91 Å². The summed E-state index contributed by atoms with van der Waals surface area (Å²) in [5, 5.41) is 2.65. The van der Waals surface area contributed by atoms with Crippen LogP contribution in [0.1, 0.15) is 46.3 Å². The zero-order chi connectivity index (χ0) is 17.8. The van der Waals surface area contributed by atoms with Crippen molar-refractivity contribution in [3.8, 4) is 0 Å². The molecule has 0 spiro atoms. The number of anilines is 1. The number of benzene rings is 1. The Bertz CT molecular complexity index is 746. The van der Waals surface area contributed by atoms with Crippen LogP contribution in [0.5, 0.6) is 0 Å². The van der Waals surface area contributed by atoms with Gasteiger partial charge in [0.1, 0.15) is 10.7 Å². The molecule has 1 amide bonds. The highest BCUT2D eigenvalue weighted by atomic mass is 32.1. The number of amides is 1. The first-order chi connectivity index (χ1) is 12.1. The molecule has 0 aliphatic heterocycles. The fourth-order valence-electron chi connectivity index (χ4n) is 2.86. The van der Waals surface area contributed by atoms with Crippen LogP contribution in [0.15, 0.2) is 30.3 Å². The van der Waals surface area contributed by atoms with Crippen LogP contribution in [-0.4, -0.2) is 18.0 Å². The van der Waals surface area contributed by atoms with E-state index in [1.807, 2.05) is 6.07 Å². The molecule has 3 rings (SSSR count). The lowest BCUT2D eigenvalue weighted by atomic mass is 9.99. The van der Waals surface area contributed by atoms with Gasteiger partial charge in [-0.25, -0.2) is 9.18 Å². The van der Waals surface area contributed by atoms with E-state index in [0.29, 0.717) is 17.0 Å². The van der Waals surface area contributed by atoms with Crippen LogP contribution in [-0.2, 0) is 22.4 Å². The molecular formula is C19H20FNO3S. The Morgan fingerprint density at radius 1 is 1.24 bits per heavy atom. The molecule has 0 saturated heterocycles. The minimum atomic E-state index is -0.878. The van der Waals surface area contributed by atoms with E-state index in [1.165, 1.54) is 46.0 Å². The minimum Gasteiger partial charge on any atom is -0.448 e. The maximum absolute atomic E-state index is 12.9. The lowest BCUT2D eigenvalue weighted by molar-refractivity contribution is -0.124. The maximum atomic E-state index is 12.9. The predicted octanol–water partition coefficient (Wildman–Crippen LogP) is 4.34. The first-order valence-electron chi connectivity index (χ1n) is 8.46. The summed E-state index contributed by atoms with van der Waals surface area (Å²) in [7, 11) is 0. The number of ether oxygens (including phenoxy) is 1. The molecule has 4 nitrogen and oxygen atoms in total. The van der Waals surface area contributed by atoms with Crippen molar-refractivity contribution in [2.75, 3.05) is 5.32 Å². The topological polar surface area (TPSA) is 55.4 Å². The number of rotatable bonds is 5. The molecule has 2 aromatic rings. The molecule has 1 aliphatic carbocycles. The van der Waals surface area contributed by atoms with Gasteiger partial charge in [0, 0.05) is 10.6 Å². The zero-order valence-corrected chi connectivity index (χ0v) is 14.8. The van der Waals surface area contributed by atoms with Crippen LogP contribution in [0, 0.1) is 5.82 Å². The Labute approximate surface area is 150 Å². The molecule has 1 unspecified atom stereocenters. The van der Waals surface area contributed by atoms with Crippen molar-refractivity contribution in [1.29, 1.82) is 0 Å². The summed E-state index contributed by atoms with van der Waals surface area (Å²) in [5.41, 5.74) is 1.69. The van der Waals surface area contributed by atoms with Gasteiger partial charge in [0.05, 0.1) is 0 Å². The summed E-state index contributed by atoms with van der Waals surface area (Å²) in [4.78, 5) is 26.5. The molecule has 1 atom stereocenters. The van der Waals surface area contributed by atoms with Gasteiger partial charge in [-0.1, -0.05) is 6.92 Å². The Morgan fingerprint density at radius 3 is 2.64 bits per heavy atom. The largest absolute Gasteiger partial charge is 0.448 e. The number of esters is 1. The Kier molecular flexibility index (Phi) is 5.48. The molecule has 0 fully saturated rings. The van der Waals surface area contributed by atoms with E-state index in [4.69, 9.17) is 4.74 Å². The van der Waals surface area contributed by atoms with E-state index in [-0.39, 0.29) is 5.82 Å². The van der Waals surface area contributed by atoms with E-state index in [2.05, 4.69) is 5.32 Å². The molecule has 1 N–H and O–H groups in total. The van der Waals surface area contributed by atoms with Crippen molar-refractivity contribution in [3.05, 3.63) is 51.5 Å². The smallest absolute Gasteiger partial charge is 0.349 e. The normalized spacial score (nSPS) is 14.5. The van der Waals surface area contributed by atoms with Gasteiger partial charge in [0.15, 0.2) is 6.10 Å². The monoisotopic (exact) mass is 361 g/mol. The molecule has 1 aromatic carbocycles. The van der Waals surface area contributed by atoms with Gasteiger partial charge in [0.2, 0.25) is 0 Å². The Hall–Kier alpha value is -2.21. The number of nitrogens with one attached hydrogen (secondary N) is 1. The summed E-state index contributed by atoms with van der Waals surface area (Å²) in [6.45, 7) is 1.78. The lowest BCUT2D eigenvalue weighted by Crippen LogP contribution is -2.31. The Balaban J connectivity index is 1.64. The summed E-state index contributed by atoms with van der Waals surface area (Å²) < 4.78 is 18.3. The van der Waals surface area contributed by atoms with E-state index < -0.39 is 18.0 Å². The van der Waals surface area contributed by atoms with Gasteiger partial charge in [-0.05, 0) is 68.0 Å². The van der Waals surface area contributed by atoms with E-state index >= 15 is 0 Å². The number of hydrogen-bond donors (Lipinski definition) is 1. The second kappa shape index (κ2) is 7.78. The number of fused-ring (bicyclic) bond motifs is 1. The third kappa shape index (κ3) is 4.25. The predicted molar refractivity (Wildman–Crippen MR) is 95.5 cm³/mol. The van der Waals surface area contributed by atoms with Crippen LogP contribution < -0.4 is 5.32 Å². The molecule has 6 heteroatoms. The fraction of sp³-hybridized carbons (Fsp3) is 0.368. The highest BCUT2D eigenvalue weighted by Gasteiger charge is 2.24. The first kappa shape index (κ1) is 17.6.